The largest absolute Gasteiger partial charge is 0.491 e. The monoisotopic (exact) mass is 220 g/mol. The second kappa shape index (κ2) is 3.31. The first-order chi connectivity index (χ1) is 7.74. The zero-order valence-electron chi connectivity index (χ0n) is 8.26. The summed E-state index contributed by atoms with van der Waals surface area (Å²) in [5, 5.41) is 0. The quantitative estimate of drug-likeness (QED) is 0.427. The second-order valence-corrected chi connectivity index (χ2v) is 3.65. The van der Waals surface area contributed by atoms with Crippen LogP contribution in [0.3, 0.4) is 0 Å². The van der Waals surface area contributed by atoms with Gasteiger partial charge in [-0.1, -0.05) is 0 Å². The minimum absolute atomic E-state index is 0.154. The molecule has 2 aliphatic heterocycles. The molecule has 0 saturated carbocycles. The number of carbonyl (C=O) groups is 2. The summed E-state index contributed by atoms with van der Waals surface area (Å²) < 4.78 is 14.9. The van der Waals surface area contributed by atoms with Gasteiger partial charge in [-0.3, -0.25) is 0 Å². The Morgan fingerprint density at radius 3 is 2.75 bits per heavy atom. The molecular formula is C11H8O5. The van der Waals surface area contributed by atoms with Crippen LogP contribution in [0.2, 0.25) is 0 Å². The second-order valence-electron chi connectivity index (χ2n) is 3.65. The fourth-order valence-corrected chi connectivity index (χ4v) is 1.51. The highest BCUT2D eigenvalue weighted by Crippen LogP contribution is 2.25. The average Bonchev–Trinajstić information content (AvgIpc) is 3.05. The summed E-state index contributed by atoms with van der Waals surface area (Å²) in [5.41, 5.74) is 0.555. The number of hydrogen-bond acceptors (Lipinski definition) is 5. The average molecular weight is 220 g/mol. The highest BCUT2D eigenvalue weighted by atomic mass is 16.6. The highest BCUT2D eigenvalue weighted by Gasteiger charge is 2.30. The molecule has 5 nitrogen and oxygen atoms in total. The van der Waals surface area contributed by atoms with E-state index in [0.717, 1.165) is 0 Å². The smallest absolute Gasteiger partial charge is 0.347 e. The van der Waals surface area contributed by atoms with Crippen LogP contribution < -0.4 is 4.74 Å². The number of benzene rings is 1. The molecule has 0 radical (unpaired) electrons. The SMILES string of the molecule is O=C1OC(=O)c2cc(OCC3CO3)ccc21. The molecule has 2 heterocycles. The maximum absolute atomic E-state index is 11.3. The van der Waals surface area contributed by atoms with Gasteiger partial charge in [-0.2, -0.15) is 0 Å². The van der Waals surface area contributed by atoms with E-state index in [1.54, 1.807) is 6.07 Å². The molecule has 0 N–H and O–H groups in total. The molecule has 0 aromatic heterocycles. The summed E-state index contributed by atoms with van der Waals surface area (Å²) >= 11 is 0. The van der Waals surface area contributed by atoms with Crippen molar-refractivity contribution in [2.75, 3.05) is 13.2 Å². The van der Waals surface area contributed by atoms with Gasteiger partial charge in [0.15, 0.2) is 0 Å². The molecule has 5 heteroatoms. The van der Waals surface area contributed by atoms with Crippen LogP contribution in [-0.4, -0.2) is 31.3 Å². The van der Waals surface area contributed by atoms with Crippen molar-refractivity contribution >= 4 is 11.9 Å². The normalized spacial score (nSPS) is 21.6. The van der Waals surface area contributed by atoms with Crippen LogP contribution in [0.4, 0.5) is 0 Å². The molecule has 0 spiro atoms. The van der Waals surface area contributed by atoms with E-state index in [2.05, 4.69) is 4.74 Å². The first kappa shape index (κ1) is 9.35. The van der Waals surface area contributed by atoms with Gasteiger partial charge in [0.1, 0.15) is 18.5 Å². The minimum Gasteiger partial charge on any atom is -0.491 e. The lowest BCUT2D eigenvalue weighted by Crippen LogP contribution is -2.04. The number of fused-ring (bicyclic) bond motifs is 1. The van der Waals surface area contributed by atoms with Crippen LogP contribution in [0.5, 0.6) is 5.75 Å². The van der Waals surface area contributed by atoms with Gasteiger partial charge in [-0.25, -0.2) is 9.59 Å². The topological polar surface area (TPSA) is 65.1 Å². The summed E-state index contributed by atoms with van der Waals surface area (Å²) in [5.74, 6) is -0.675. The van der Waals surface area contributed by atoms with E-state index in [4.69, 9.17) is 9.47 Å². The third-order valence-electron chi connectivity index (χ3n) is 2.45. The van der Waals surface area contributed by atoms with Crippen LogP contribution in [-0.2, 0) is 9.47 Å². The van der Waals surface area contributed by atoms with Crippen molar-refractivity contribution < 1.29 is 23.8 Å². The third kappa shape index (κ3) is 1.55. The summed E-state index contributed by atoms with van der Waals surface area (Å²) in [6, 6.07) is 4.69. The first-order valence-electron chi connectivity index (χ1n) is 4.89. The Morgan fingerprint density at radius 2 is 2.00 bits per heavy atom. The highest BCUT2D eigenvalue weighted by molar-refractivity contribution is 6.14. The lowest BCUT2D eigenvalue weighted by Gasteiger charge is -2.03. The van der Waals surface area contributed by atoms with Gasteiger partial charge in [0.25, 0.3) is 0 Å². The molecular weight excluding hydrogens is 212 g/mol. The van der Waals surface area contributed by atoms with Gasteiger partial charge >= 0.3 is 11.9 Å². The molecule has 1 fully saturated rings. The Labute approximate surface area is 90.9 Å². The maximum atomic E-state index is 11.3. The van der Waals surface area contributed by atoms with Crippen molar-refractivity contribution in [1.29, 1.82) is 0 Å². The predicted octanol–water partition coefficient (Wildman–Crippen LogP) is 0.775. The van der Waals surface area contributed by atoms with Crippen molar-refractivity contribution in [2.24, 2.45) is 0 Å². The number of carbonyl (C=O) groups excluding carboxylic acids is 2. The Balaban J connectivity index is 1.83. The van der Waals surface area contributed by atoms with E-state index in [-0.39, 0.29) is 11.7 Å². The summed E-state index contributed by atoms with van der Waals surface area (Å²) in [6.45, 7) is 1.17. The Hall–Kier alpha value is -1.88. The number of epoxide rings is 1. The van der Waals surface area contributed by atoms with E-state index in [9.17, 15) is 9.59 Å². The van der Waals surface area contributed by atoms with Crippen LogP contribution in [0.1, 0.15) is 20.7 Å². The molecule has 3 rings (SSSR count). The Bertz CT molecular complexity index is 475. The maximum Gasteiger partial charge on any atom is 0.347 e. The van der Waals surface area contributed by atoms with E-state index >= 15 is 0 Å². The van der Waals surface area contributed by atoms with E-state index in [1.165, 1.54) is 12.1 Å². The molecule has 0 bridgehead atoms. The summed E-state index contributed by atoms with van der Waals surface area (Å²) in [6.07, 6.45) is 0.154. The fraction of sp³-hybridized carbons (Fsp3) is 0.273. The molecule has 1 aromatic carbocycles. The van der Waals surface area contributed by atoms with E-state index in [0.29, 0.717) is 24.5 Å². The van der Waals surface area contributed by atoms with Gasteiger partial charge in [-0.05, 0) is 18.2 Å². The van der Waals surface area contributed by atoms with Gasteiger partial charge in [0, 0.05) is 0 Å². The lowest BCUT2D eigenvalue weighted by atomic mass is 10.1. The van der Waals surface area contributed by atoms with Crippen LogP contribution in [0.15, 0.2) is 18.2 Å². The van der Waals surface area contributed by atoms with Crippen molar-refractivity contribution in [2.45, 2.75) is 6.10 Å². The zero-order valence-corrected chi connectivity index (χ0v) is 8.26. The van der Waals surface area contributed by atoms with Gasteiger partial charge in [0.2, 0.25) is 0 Å². The molecule has 2 aliphatic rings. The molecule has 1 unspecified atom stereocenters. The molecule has 82 valence electrons. The Morgan fingerprint density at radius 1 is 1.25 bits per heavy atom. The zero-order chi connectivity index (χ0) is 11.1. The first-order valence-corrected chi connectivity index (χ1v) is 4.89. The van der Waals surface area contributed by atoms with Crippen molar-refractivity contribution in [3.8, 4) is 5.75 Å². The predicted molar refractivity (Wildman–Crippen MR) is 51.4 cm³/mol. The molecule has 1 atom stereocenters. The van der Waals surface area contributed by atoms with Gasteiger partial charge in [0.05, 0.1) is 17.7 Å². The molecule has 0 aliphatic carbocycles. The van der Waals surface area contributed by atoms with Crippen molar-refractivity contribution in [3.63, 3.8) is 0 Å². The number of hydrogen-bond donors (Lipinski definition) is 0. The fourth-order valence-electron chi connectivity index (χ4n) is 1.51. The number of cyclic esters (lactones) is 2. The molecule has 1 saturated heterocycles. The number of esters is 2. The lowest BCUT2D eigenvalue weighted by molar-refractivity contribution is 0.0443. The Kier molecular flexibility index (Phi) is 1.94. The van der Waals surface area contributed by atoms with Crippen molar-refractivity contribution in [3.05, 3.63) is 29.3 Å². The van der Waals surface area contributed by atoms with Crippen LogP contribution >= 0.6 is 0 Å². The van der Waals surface area contributed by atoms with E-state index < -0.39 is 11.9 Å². The number of ether oxygens (including phenoxy) is 3. The van der Waals surface area contributed by atoms with Crippen LogP contribution in [0.25, 0.3) is 0 Å². The minimum atomic E-state index is -0.617. The molecule has 0 amide bonds. The van der Waals surface area contributed by atoms with Crippen molar-refractivity contribution in [1.82, 2.24) is 0 Å². The number of rotatable bonds is 3. The third-order valence-corrected chi connectivity index (χ3v) is 2.45. The summed E-state index contributed by atoms with van der Waals surface area (Å²) in [4.78, 5) is 22.4. The van der Waals surface area contributed by atoms with E-state index in [1.807, 2.05) is 0 Å². The van der Waals surface area contributed by atoms with Gasteiger partial charge in [-0.15, -0.1) is 0 Å². The van der Waals surface area contributed by atoms with Crippen LogP contribution in [0, 0.1) is 0 Å². The molecule has 1 aromatic rings. The molecule has 16 heavy (non-hydrogen) atoms. The summed E-state index contributed by atoms with van der Waals surface area (Å²) in [7, 11) is 0. The van der Waals surface area contributed by atoms with Gasteiger partial charge < -0.3 is 14.2 Å². The standard InChI is InChI=1S/C11H8O5/c12-10-8-2-1-6(14-4-7-5-15-7)3-9(8)11(13)16-10/h1-3,7H,4-5H2.